The van der Waals surface area contributed by atoms with Gasteiger partial charge in [0, 0.05) is 23.7 Å². The largest absolute Gasteiger partial charge is 0.313 e. The van der Waals surface area contributed by atoms with Crippen LogP contribution in [0.1, 0.15) is 23.2 Å². The van der Waals surface area contributed by atoms with Crippen molar-refractivity contribution in [2.75, 3.05) is 6.54 Å². The van der Waals surface area contributed by atoms with E-state index in [1.54, 1.807) is 11.3 Å². The standard InChI is InChI=1S/C11H16N4S/c1-3-12-4-10-5-13-15(6-10)7-11-8-16-9(2)14-11/h5-6,8,12H,3-4,7H2,1-2H3. The highest BCUT2D eigenvalue weighted by Gasteiger charge is 2.02. The summed E-state index contributed by atoms with van der Waals surface area (Å²) < 4.78 is 1.93. The third kappa shape index (κ3) is 2.90. The second-order valence-corrected chi connectivity index (χ2v) is 4.75. The number of thiazole rings is 1. The molecular formula is C11H16N4S. The average molecular weight is 236 g/mol. The molecule has 0 radical (unpaired) electrons. The number of hydrogen-bond acceptors (Lipinski definition) is 4. The second kappa shape index (κ2) is 5.23. The van der Waals surface area contributed by atoms with Crippen LogP contribution in [0.3, 0.4) is 0 Å². The van der Waals surface area contributed by atoms with Crippen LogP contribution in [-0.4, -0.2) is 21.3 Å². The summed E-state index contributed by atoms with van der Waals surface area (Å²) >= 11 is 1.68. The molecule has 0 bridgehead atoms. The van der Waals surface area contributed by atoms with Gasteiger partial charge in [-0.15, -0.1) is 11.3 Å². The van der Waals surface area contributed by atoms with Gasteiger partial charge < -0.3 is 5.32 Å². The molecule has 0 amide bonds. The summed E-state index contributed by atoms with van der Waals surface area (Å²) in [6.07, 6.45) is 3.97. The molecule has 0 aliphatic heterocycles. The lowest BCUT2D eigenvalue weighted by Crippen LogP contribution is -2.11. The van der Waals surface area contributed by atoms with E-state index in [1.807, 2.05) is 17.8 Å². The lowest BCUT2D eigenvalue weighted by atomic mass is 10.3. The van der Waals surface area contributed by atoms with E-state index in [9.17, 15) is 0 Å². The Morgan fingerprint density at radius 1 is 1.50 bits per heavy atom. The van der Waals surface area contributed by atoms with Crippen molar-refractivity contribution in [3.8, 4) is 0 Å². The van der Waals surface area contributed by atoms with Crippen LogP contribution in [0.2, 0.25) is 0 Å². The smallest absolute Gasteiger partial charge is 0.0898 e. The topological polar surface area (TPSA) is 42.7 Å². The van der Waals surface area contributed by atoms with Gasteiger partial charge in [0.05, 0.1) is 23.4 Å². The molecule has 0 unspecified atom stereocenters. The summed E-state index contributed by atoms with van der Waals surface area (Å²) in [5, 5.41) is 10.8. The zero-order valence-electron chi connectivity index (χ0n) is 9.60. The zero-order chi connectivity index (χ0) is 11.4. The maximum Gasteiger partial charge on any atom is 0.0898 e. The van der Waals surface area contributed by atoms with Gasteiger partial charge in [-0.1, -0.05) is 6.92 Å². The minimum absolute atomic E-state index is 0.760. The number of aromatic nitrogens is 3. The summed E-state index contributed by atoms with van der Waals surface area (Å²) in [7, 11) is 0. The van der Waals surface area contributed by atoms with Crippen LogP contribution in [0.4, 0.5) is 0 Å². The molecule has 4 nitrogen and oxygen atoms in total. The Morgan fingerprint density at radius 3 is 3.06 bits per heavy atom. The van der Waals surface area contributed by atoms with Crippen LogP contribution in [0.25, 0.3) is 0 Å². The molecule has 0 aromatic carbocycles. The van der Waals surface area contributed by atoms with Gasteiger partial charge in [0.25, 0.3) is 0 Å². The van der Waals surface area contributed by atoms with Crippen molar-refractivity contribution in [3.63, 3.8) is 0 Å². The van der Waals surface area contributed by atoms with E-state index in [4.69, 9.17) is 0 Å². The van der Waals surface area contributed by atoms with Crippen molar-refractivity contribution >= 4 is 11.3 Å². The molecule has 0 fully saturated rings. The van der Waals surface area contributed by atoms with Crippen LogP contribution >= 0.6 is 11.3 Å². The first-order valence-corrected chi connectivity index (χ1v) is 6.29. The van der Waals surface area contributed by atoms with Gasteiger partial charge in [0.15, 0.2) is 0 Å². The van der Waals surface area contributed by atoms with E-state index >= 15 is 0 Å². The van der Waals surface area contributed by atoms with E-state index < -0.39 is 0 Å². The fourth-order valence-corrected chi connectivity index (χ4v) is 2.10. The van der Waals surface area contributed by atoms with Crippen molar-refractivity contribution in [1.29, 1.82) is 0 Å². The molecule has 5 heteroatoms. The van der Waals surface area contributed by atoms with Crippen LogP contribution in [0, 0.1) is 6.92 Å². The van der Waals surface area contributed by atoms with Gasteiger partial charge >= 0.3 is 0 Å². The summed E-state index contributed by atoms with van der Waals surface area (Å²) in [6.45, 7) is 6.75. The third-order valence-electron chi connectivity index (χ3n) is 2.26. The minimum Gasteiger partial charge on any atom is -0.313 e. The molecule has 0 atom stereocenters. The fraction of sp³-hybridized carbons (Fsp3) is 0.455. The van der Waals surface area contributed by atoms with E-state index in [0.717, 1.165) is 30.3 Å². The summed E-state index contributed by atoms with van der Waals surface area (Å²) in [5.74, 6) is 0. The minimum atomic E-state index is 0.760. The Bertz CT molecular complexity index is 446. The first-order chi connectivity index (χ1) is 7.78. The van der Waals surface area contributed by atoms with Crippen molar-refractivity contribution < 1.29 is 0 Å². The van der Waals surface area contributed by atoms with Crippen molar-refractivity contribution in [3.05, 3.63) is 34.0 Å². The molecule has 0 spiro atoms. The van der Waals surface area contributed by atoms with E-state index in [-0.39, 0.29) is 0 Å². The van der Waals surface area contributed by atoms with Gasteiger partial charge in [0.1, 0.15) is 0 Å². The maximum absolute atomic E-state index is 4.42. The molecule has 2 aromatic heterocycles. The van der Waals surface area contributed by atoms with Crippen LogP contribution in [0.5, 0.6) is 0 Å². The highest BCUT2D eigenvalue weighted by atomic mass is 32.1. The normalized spacial score (nSPS) is 10.9. The van der Waals surface area contributed by atoms with Crippen LogP contribution < -0.4 is 5.32 Å². The third-order valence-corrected chi connectivity index (χ3v) is 3.08. The fourth-order valence-electron chi connectivity index (χ4n) is 1.50. The molecule has 1 N–H and O–H groups in total. The van der Waals surface area contributed by atoms with E-state index in [2.05, 4.69) is 33.9 Å². The van der Waals surface area contributed by atoms with Crippen molar-refractivity contribution in [1.82, 2.24) is 20.1 Å². The molecule has 0 saturated carbocycles. The molecule has 0 aliphatic carbocycles. The Kier molecular flexibility index (Phi) is 3.69. The molecule has 0 saturated heterocycles. The monoisotopic (exact) mass is 236 g/mol. The number of hydrogen-bond donors (Lipinski definition) is 1. The summed E-state index contributed by atoms with van der Waals surface area (Å²) in [5.41, 5.74) is 2.30. The van der Waals surface area contributed by atoms with Gasteiger partial charge in [-0.25, -0.2) is 4.98 Å². The summed E-state index contributed by atoms with van der Waals surface area (Å²) in [4.78, 5) is 4.42. The second-order valence-electron chi connectivity index (χ2n) is 3.68. The Labute approximate surface area is 99.3 Å². The van der Waals surface area contributed by atoms with Gasteiger partial charge in [-0.05, 0) is 13.5 Å². The quantitative estimate of drug-likeness (QED) is 0.861. The summed E-state index contributed by atoms with van der Waals surface area (Å²) in [6, 6.07) is 0. The predicted octanol–water partition coefficient (Wildman–Crippen LogP) is 1.81. The molecular weight excluding hydrogens is 220 g/mol. The average Bonchev–Trinajstić information content (AvgIpc) is 2.86. The Balaban J connectivity index is 1.97. The SMILES string of the molecule is CCNCc1cnn(Cc2csc(C)n2)c1. The molecule has 16 heavy (non-hydrogen) atoms. The molecule has 2 rings (SSSR count). The highest BCUT2D eigenvalue weighted by molar-refractivity contribution is 7.09. The lowest BCUT2D eigenvalue weighted by molar-refractivity contribution is 0.672. The van der Waals surface area contributed by atoms with Crippen molar-refractivity contribution in [2.24, 2.45) is 0 Å². The first kappa shape index (κ1) is 11.3. The molecule has 86 valence electrons. The van der Waals surface area contributed by atoms with Gasteiger partial charge in [-0.2, -0.15) is 5.10 Å². The van der Waals surface area contributed by atoms with Gasteiger partial charge in [0.2, 0.25) is 0 Å². The number of nitrogens with zero attached hydrogens (tertiary/aromatic N) is 3. The number of aryl methyl sites for hydroxylation is 1. The molecule has 0 aliphatic rings. The molecule has 2 heterocycles. The molecule has 2 aromatic rings. The highest BCUT2D eigenvalue weighted by Crippen LogP contribution is 2.09. The lowest BCUT2D eigenvalue weighted by Gasteiger charge is -1.97. The predicted molar refractivity (Wildman–Crippen MR) is 65.6 cm³/mol. The van der Waals surface area contributed by atoms with Crippen molar-refractivity contribution in [2.45, 2.75) is 26.9 Å². The van der Waals surface area contributed by atoms with Gasteiger partial charge in [-0.3, -0.25) is 4.68 Å². The van der Waals surface area contributed by atoms with E-state index in [0.29, 0.717) is 0 Å². The zero-order valence-corrected chi connectivity index (χ0v) is 10.4. The number of nitrogens with one attached hydrogen (secondary N) is 1. The van der Waals surface area contributed by atoms with Crippen LogP contribution in [0.15, 0.2) is 17.8 Å². The van der Waals surface area contributed by atoms with Crippen LogP contribution in [-0.2, 0) is 13.1 Å². The maximum atomic E-state index is 4.42. The first-order valence-electron chi connectivity index (χ1n) is 5.41. The Morgan fingerprint density at radius 2 is 2.38 bits per heavy atom. The van der Waals surface area contributed by atoms with E-state index in [1.165, 1.54) is 5.56 Å². The number of rotatable bonds is 5. The Hall–Kier alpha value is -1.20.